The van der Waals surface area contributed by atoms with Crippen LogP contribution < -0.4 is 16.0 Å². The number of nitrogens with zero attached hydrogens (tertiary/aromatic N) is 4. The first-order valence-electron chi connectivity index (χ1n) is 9.19. The number of halogens is 2. The van der Waals surface area contributed by atoms with Gasteiger partial charge in [-0.2, -0.15) is 9.94 Å². The number of hydrogen-bond donors (Lipinski definition) is 2. The van der Waals surface area contributed by atoms with Gasteiger partial charge < -0.3 is 9.72 Å². The van der Waals surface area contributed by atoms with Crippen molar-refractivity contribution in [3.8, 4) is 23.4 Å². The Kier molecular flexibility index (Phi) is 5.50. The normalized spacial score (nSPS) is 10.9. The molecule has 156 valence electrons. The lowest BCUT2D eigenvalue weighted by Gasteiger charge is -2.12. The molecule has 0 aliphatic rings. The maximum absolute atomic E-state index is 12.1. The van der Waals surface area contributed by atoms with Gasteiger partial charge in [0.25, 0.3) is 5.56 Å². The molecule has 2 N–H and O–H groups in total. The van der Waals surface area contributed by atoms with Crippen LogP contribution in [0.2, 0.25) is 10.0 Å². The Morgan fingerprint density at radius 3 is 2.65 bits per heavy atom. The standard InChI is InChI=1S/C20H14Cl2N6O3/c1-2-3-10-9-24-14-4-5-16(25-17(10)14)31-18-12(21)6-11(7-13(18)22)28-20(30)26-19(29)15(8-23)27-28/h4-7,9,24H,2-3H2,1H3,(H,26,29,30). The van der Waals surface area contributed by atoms with Gasteiger partial charge in [-0.25, -0.2) is 9.78 Å². The van der Waals surface area contributed by atoms with Crippen LogP contribution in [0, 0.1) is 11.3 Å². The number of ether oxygens (including phenoxy) is 1. The van der Waals surface area contributed by atoms with Gasteiger partial charge in [0.05, 0.1) is 26.8 Å². The number of aromatic nitrogens is 5. The molecule has 0 saturated carbocycles. The Morgan fingerprint density at radius 2 is 1.97 bits per heavy atom. The fourth-order valence-corrected chi connectivity index (χ4v) is 3.62. The van der Waals surface area contributed by atoms with E-state index in [9.17, 15) is 9.59 Å². The maximum atomic E-state index is 12.1. The first kappa shape index (κ1) is 20.7. The van der Waals surface area contributed by atoms with Crippen LogP contribution >= 0.6 is 23.2 Å². The SMILES string of the molecule is CCCc1c[nH]c2ccc(Oc3c(Cl)cc(-n4nc(C#N)c(=O)[nH]c4=O)cc3Cl)nc12. The molecule has 9 nitrogen and oxygen atoms in total. The smallest absolute Gasteiger partial charge is 0.349 e. The summed E-state index contributed by atoms with van der Waals surface area (Å²) in [6.07, 6.45) is 3.77. The summed E-state index contributed by atoms with van der Waals surface area (Å²) in [6, 6.07) is 7.91. The van der Waals surface area contributed by atoms with E-state index in [-0.39, 0.29) is 21.5 Å². The highest BCUT2D eigenvalue weighted by molar-refractivity contribution is 6.37. The molecule has 11 heteroatoms. The molecule has 31 heavy (non-hydrogen) atoms. The van der Waals surface area contributed by atoms with E-state index >= 15 is 0 Å². The quantitative estimate of drug-likeness (QED) is 0.470. The van der Waals surface area contributed by atoms with Crippen molar-refractivity contribution in [1.29, 1.82) is 5.26 Å². The number of H-pyrrole nitrogens is 2. The number of nitrogens with one attached hydrogen (secondary N) is 2. The number of aryl methyl sites for hydroxylation is 1. The van der Waals surface area contributed by atoms with E-state index < -0.39 is 16.9 Å². The first-order valence-corrected chi connectivity index (χ1v) is 9.95. The summed E-state index contributed by atoms with van der Waals surface area (Å²) < 4.78 is 6.65. The van der Waals surface area contributed by atoms with E-state index in [1.807, 2.05) is 17.2 Å². The molecule has 3 heterocycles. The Labute approximate surface area is 184 Å². The van der Waals surface area contributed by atoms with E-state index in [0.717, 1.165) is 34.1 Å². The minimum Gasteiger partial charge on any atom is -0.436 e. The van der Waals surface area contributed by atoms with Gasteiger partial charge >= 0.3 is 5.69 Å². The van der Waals surface area contributed by atoms with Gasteiger partial charge in [0.2, 0.25) is 11.6 Å². The summed E-state index contributed by atoms with van der Waals surface area (Å²) in [5.74, 6) is 0.441. The van der Waals surface area contributed by atoms with E-state index in [1.54, 1.807) is 12.1 Å². The van der Waals surface area contributed by atoms with Crippen LogP contribution in [0.15, 0.2) is 40.1 Å². The second-order valence-electron chi connectivity index (χ2n) is 6.58. The van der Waals surface area contributed by atoms with Gasteiger partial charge in [-0.15, -0.1) is 5.10 Å². The molecule has 1 aromatic carbocycles. The minimum absolute atomic E-state index is 0.0886. The monoisotopic (exact) mass is 456 g/mol. The third kappa shape index (κ3) is 3.91. The number of fused-ring (bicyclic) bond motifs is 1. The van der Waals surface area contributed by atoms with Crippen molar-refractivity contribution in [1.82, 2.24) is 24.7 Å². The zero-order valence-corrected chi connectivity index (χ0v) is 17.6. The van der Waals surface area contributed by atoms with Crippen molar-refractivity contribution in [2.45, 2.75) is 19.8 Å². The number of aromatic amines is 2. The zero-order chi connectivity index (χ0) is 22.1. The van der Waals surface area contributed by atoms with E-state index in [4.69, 9.17) is 33.2 Å². The predicted octanol–water partition coefficient (Wildman–Crippen LogP) is 3.72. The van der Waals surface area contributed by atoms with Gasteiger partial charge in [-0.3, -0.25) is 9.78 Å². The third-order valence-corrected chi connectivity index (χ3v) is 5.02. The highest BCUT2D eigenvalue weighted by Crippen LogP contribution is 2.38. The first-order chi connectivity index (χ1) is 14.9. The lowest BCUT2D eigenvalue weighted by molar-refractivity contribution is 0.465. The van der Waals surface area contributed by atoms with Crippen molar-refractivity contribution in [2.24, 2.45) is 0 Å². The fraction of sp³-hybridized carbons (Fsp3) is 0.150. The molecule has 0 radical (unpaired) electrons. The molecule has 3 aromatic heterocycles. The van der Waals surface area contributed by atoms with Crippen LogP contribution in [-0.2, 0) is 6.42 Å². The number of hydrogen-bond acceptors (Lipinski definition) is 6. The van der Waals surface area contributed by atoms with Crippen LogP contribution in [0.4, 0.5) is 0 Å². The molecule has 0 atom stereocenters. The zero-order valence-electron chi connectivity index (χ0n) is 16.1. The summed E-state index contributed by atoms with van der Waals surface area (Å²) >= 11 is 12.7. The molecular formula is C20H14Cl2N6O3. The van der Waals surface area contributed by atoms with Crippen molar-refractivity contribution in [3.05, 3.63) is 72.6 Å². The van der Waals surface area contributed by atoms with E-state index in [0.29, 0.717) is 5.88 Å². The number of nitriles is 1. The lowest BCUT2D eigenvalue weighted by atomic mass is 10.2. The second kappa shape index (κ2) is 8.26. The number of rotatable bonds is 5. The molecule has 0 saturated heterocycles. The maximum Gasteiger partial charge on any atom is 0.349 e. The number of benzene rings is 1. The largest absolute Gasteiger partial charge is 0.436 e. The molecule has 0 aliphatic carbocycles. The highest BCUT2D eigenvalue weighted by Gasteiger charge is 2.16. The van der Waals surface area contributed by atoms with Gasteiger partial charge in [0, 0.05) is 12.3 Å². The molecular weight excluding hydrogens is 443 g/mol. The van der Waals surface area contributed by atoms with Crippen LogP contribution in [0.3, 0.4) is 0 Å². The minimum atomic E-state index is -0.880. The fourth-order valence-electron chi connectivity index (χ4n) is 3.07. The van der Waals surface area contributed by atoms with Crippen molar-refractivity contribution < 1.29 is 4.74 Å². The molecule has 0 aliphatic heterocycles. The summed E-state index contributed by atoms with van der Waals surface area (Å²) in [6.45, 7) is 2.09. The molecule has 4 aromatic rings. The van der Waals surface area contributed by atoms with E-state index in [2.05, 4.69) is 22.0 Å². The Balaban J connectivity index is 1.73. The van der Waals surface area contributed by atoms with Gasteiger partial charge in [-0.1, -0.05) is 36.5 Å². The number of pyridine rings is 1. The van der Waals surface area contributed by atoms with Gasteiger partial charge in [0.15, 0.2) is 5.75 Å². The predicted molar refractivity (Wildman–Crippen MR) is 115 cm³/mol. The second-order valence-corrected chi connectivity index (χ2v) is 7.40. The molecule has 0 spiro atoms. The van der Waals surface area contributed by atoms with Crippen LogP contribution in [0.1, 0.15) is 24.6 Å². The summed E-state index contributed by atoms with van der Waals surface area (Å²) in [5.41, 5.74) is 0.726. The van der Waals surface area contributed by atoms with Crippen LogP contribution in [0.5, 0.6) is 11.6 Å². The Morgan fingerprint density at radius 1 is 1.23 bits per heavy atom. The van der Waals surface area contributed by atoms with Crippen molar-refractivity contribution in [3.63, 3.8) is 0 Å². The average Bonchev–Trinajstić information content (AvgIpc) is 3.13. The molecule has 0 bridgehead atoms. The van der Waals surface area contributed by atoms with Crippen LogP contribution in [0.25, 0.3) is 16.7 Å². The molecule has 0 unspecified atom stereocenters. The average molecular weight is 457 g/mol. The molecule has 4 rings (SSSR count). The van der Waals surface area contributed by atoms with Gasteiger partial charge in [-0.05, 0) is 30.2 Å². The van der Waals surface area contributed by atoms with E-state index in [1.165, 1.54) is 12.1 Å². The lowest BCUT2D eigenvalue weighted by Crippen LogP contribution is -2.33. The Bertz CT molecular complexity index is 1440. The molecule has 0 amide bonds. The summed E-state index contributed by atoms with van der Waals surface area (Å²) in [5, 5.41) is 12.9. The topological polar surface area (TPSA) is 129 Å². The van der Waals surface area contributed by atoms with Crippen molar-refractivity contribution in [2.75, 3.05) is 0 Å². The third-order valence-electron chi connectivity index (χ3n) is 4.46. The molecule has 0 fully saturated rings. The Hall–Kier alpha value is -3.61. The highest BCUT2D eigenvalue weighted by atomic mass is 35.5. The van der Waals surface area contributed by atoms with Crippen molar-refractivity contribution >= 4 is 34.2 Å². The van der Waals surface area contributed by atoms with Crippen LogP contribution in [-0.4, -0.2) is 24.7 Å². The summed E-state index contributed by atoms with van der Waals surface area (Å²) in [7, 11) is 0. The van der Waals surface area contributed by atoms with Gasteiger partial charge in [0.1, 0.15) is 6.07 Å². The summed E-state index contributed by atoms with van der Waals surface area (Å²) in [4.78, 5) is 33.4.